The van der Waals surface area contributed by atoms with Crippen molar-refractivity contribution < 1.29 is 4.39 Å². The normalized spacial score (nSPS) is 13.8. The van der Waals surface area contributed by atoms with Gasteiger partial charge in [-0.15, -0.1) is 0 Å². The Morgan fingerprint density at radius 2 is 1.67 bits per heavy atom. The molecule has 2 aromatic heterocycles. The number of fused-ring (bicyclic) bond motifs is 1. The molecule has 0 radical (unpaired) electrons. The van der Waals surface area contributed by atoms with Crippen molar-refractivity contribution in [3.8, 4) is 22.6 Å². The van der Waals surface area contributed by atoms with Crippen LogP contribution in [0, 0.1) is 5.82 Å². The molecule has 1 aliphatic rings. The summed E-state index contributed by atoms with van der Waals surface area (Å²) in [6.07, 6.45) is 4.79. The number of aromatic nitrogens is 3. The van der Waals surface area contributed by atoms with Crippen LogP contribution in [0.3, 0.4) is 0 Å². The number of rotatable bonds is 4. The summed E-state index contributed by atoms with van der Waals surface area (Å²) in [4.78, 5) is 16.3. The second kappa shape index (κ2) is 8.13. The van der Waals surface area contributed by atoms with E-state index in [4.69, 9.17) is 4.98 Å². The number of halogens is 1. The molecule has 5 heteroatoms. The molecular weight excluding hydrogens is 375 g/mol. The minimum atomic E-state index is -0.236. The van der Waals surface area contributed by atoms with Crippen LogP contribution in [0.4, 0.5) is 4.39 Å². The van der Waals surface area contributed by atoms with Gasteiger partial charge in [-0.3, -0.25) is 9.88 Å². The van der Waals surface area contributed by atoms with Crippen LogP contribution < -0.4 is 0 Å². The van der Waals surface area contributed by atoms with E-state index in [0.29, 0.717) is 0 Å². The third-order valence-electron chi connectivity index (χ3n) is 5.42. The van der Waals surface area contributed by atoms with Crippen LogP contribution in [0.1, 0.15) is 16.8 Å². The lowest BCUT2D eigenvalue weighted by Gasteiger charge is -2.28. The Bertz CT molecular complexity index is 1140. The Labute approximate surface area is 175 Å². The molecule has 0 saturated heterocycles. The first kappa shape index (κ1) is 18.6. The van der Waals surface area contributed by atoms with Crippen LogP contribution in [0.2, 0.25) is 0 Å². The molecule has 0 bridgehead atoms. The maximum atomic E-state index is 13.1. The molecule has 0 fully saturated rings. The van der Waals surface area contributed by atoms with Crippen molar-refractivity contribution >= 4 is 0 Å². The van der Waals surface area contributed by atoms with Gasteiger partial charge in [-0.25, -0.2) is 14.4 Å². The van der Waals surface area contributed by atoms with Gasteiger partial charge in [0.1, 0.15) is 5.82 Å². The minimum absolute atomic E-state index is 0.236. The summed E-state index contributed by atoms with van der Waals surface area (Å²) in [5.41, 5.74) is 6.31. The van der Waals surface area contributed by atoms with Gasteiger partial charge in [0.2, 0.25) is 0 Å². The first-order chi connectivity index (χ1) is 14.7. The highest BCUT2D eigenvalue weighted by Gasteiger charge is 2.19. The van der Waals surface area contributed by atoms with Crippen LogP contribution in [-0.2, 0) is 19.5 Å². The topological polar surface area (TPSA) is 41.9 Å². The molecule has 3 heterocycles. The highest BCUT2D eigenvalue weighted by atomic mass is 19.1. The lowest BCUT2D eigenvalue weighted by molar-refractivity contribution is 0.242. The van der Waals surface area contributed by atoms with Gasteiger partial charge < -0.3 is 0 Å². The number of hydrogen-bond acceptors (Lipinski definition) is 4. The molecule has 0 atom stereocenters. The van der Waals surface area contributed by atoms with Crippen LogP contribution in [-0.4, -0.2) is 26.4 Å². The van der Waals surface area contributed by atoms with Crippen LogP contribution in [0.15, 0.2) is 79.1 Å². The van der Waals surface area contributed by atoms with Crippen LogP contribution >= 0.6 is 0 Å². The van der Waals surface area contributed by atoms with Crippen molar-refractivity contribution in [2.45, 2.75) is 19.5 Å². The maximum Gasteiger partial charge on any atom is 0.159 e. The average molecular weight is 396 g/mol. The summed E-state index contributed by atoms with van der Waals surface area (Å²) >= 11 is 0. The zero-order valence-corrected chi connectivity index (χ0v) is 16.5. The van der Waals surface area contributed by atoms with Gasteiger partial charge in [-0.2, -0.15) is 0 Å². The van der Waals surface area contributed by atoms with E-state index in [1.807, 2.05) is 48.8 Å². The van der Waals surface area contributed by atoms with Crippen molar-refractivity contribution in [2.24, 2.45) is 0 Å². The lowest BCUT2D eigenvalue weighted by Crippen LogP contribution is -2.31. The van der Waals surface area contributed by atoms with E-state index in [0.717, 1.165) is 60.0 Å². The summed E-state index contributed by atoms with van der Waals surface area (Å²) < 4.78 is 13.1. The molecule has 5 rings (SSSR count). The van der Waals surface area contributed by atoms with Gasteiger partial charge in [0, 0.05) is 55.1 Å². The van der Waals surface area contributed by atoms with E-state index in [1.54, 1.807) is 12.1 Å². The predicted molar refractivity (Wildman–Crippen MR) is 115 cm³/mol. The lowest BCUT2D eigenvalue weighted by atomic mass is 10.1. The van der Waals surface area contributed by atoms with Crippen molar-refractivity contribution in [3.05, 3.63) is 102 Å². The van der Waals surface area contributed by atoms with E-state index in [-0.39, 0.29) is 5.82 Å². The molecule has 30 heavy (non-hydrogen) atoms. The fourth-order valence-corrected chi connectivity index (χ4v) is 3.80. The summed E-state index contributed by atoms with van der Waals surface area (Å²) in [5.74, 6) is 0.559. The van der Waals surface area contributed by atoms with E-state index in [1.165, 1.54) is 17.7 Å². The van der Waals surface area contributed by atoms with E-state index >= 15 is 0 Å². The van der Waals surface area contributed by atoms with Gasteiger partial charge in [0.25, 0.3) is 0 Å². The van der Waals surface area contributed by atoms with Gasteiger partial charge in [-0.05, 0) is 35.9 Å². The Hall–Kier alpha value is -3.44. The first-order valence-electron chi connectivity index (χ1n) is 10.1. The average Bonchev–Trinajstić information content (AvgIpc) is 2.80. The second-order valence-corrected chi connectivity index (χ2v) is 7.55. The zero-order valence-electron chi connectivity index (χ0n) is 16.5. The summed E-state index contributed by atoms with van der Waals surface area (Å²) in [5, 5.41) is 0. The molecule has 0 saturated carbocycles. The fraction of sp³-hybridized carbons (Fsp3) is 0.160. The van der Waals surface area contributed by atoms with E-state index < -0.39 is 0 Å². The monoisotopic (exact) mass is 396 g/mol. The van der Waals surface area contributed by atoms with Gasteiger partial charge in [0.15, 0.2) is 5.82 Å². The third kappa shape index (κ3) is 3.98. The van der Waals surface area contributed by atoms with Crippen molar-refractivity contribution in [1.82, 2.24) is 19.9 Å². The highest BCUT2D eigenvalue weighted by Crippen LogP contribution is 2.23. The van der Waals surface area contributed by atoms with Crippen molar-refractivity contribution in [2.75, 3.05) is 6.54 Å². The SMILES string of the molecule is Fc1ccc(-c2ccc(CN3CCc4nc(-c5ccccc5)ncc4C3)cn2)cc1. The first-order valence-corrected chi connectivity index (χ1v) is 10.1. The molecule has 4 aromatic rings. The number of nitrogens with zero attached hydrogens (tertiary/aromatic N) is 4. The zero-order chi connectivity index (χ0) is 20.3. The molecule has 0 N–H and O–H groups in total. The molecule has 4 nitrogen and oxygen atoms in total. The molecule has 0 spiro atoms. The maximum absolute atomic E-state index is 13.1. The van der Waals surface area contributed by atoms with Gasteiger partial charge in [0.05, 0.1) is 11.4 Å². The number of pyridine rings is 1. The van der Waals surface area contributed by atoms with E-state index in [9.17, 15) is 4.39 Å². The number of benzene rings is 2. The molecule has 0 aliphatic carbocycles. The predicted octanol–water partition coefficient (Wildman–Crippen LogP) is 4.90. The highest BCUT2D eigenvalue weighted by molar-refractivity contribution is 5.58. The smallest absolute Gasteiger partial charge is 0.159 e. The van der Waals surface area contributed by atoms with Crippen molar-refractivity contribution in [3.63, 3.8) is 0 Å². The Kier molecular flexibility index (Phi) is 5.03. The summed E-state index contributed by atoms with van der Waals surface area (Å²) in [7, 11) is 0. The van der Waals surface area contributed by atoms with E-state index in [2.05, 4.69) is 20.9 Å². The van der Waals surface area contributed by atoms with Crippen LogP contribution in [0.5, 0.6) is 0 Å². The van der Waals surface area contributed by atoms with Gasteiger partial charge in [-0.1, -0.05) is 36.4 Å². The van der Waals surface area contributed by atoms with Crippen LogP contribution in [0.25, 0.3) is 22.6 Å². The third-order valence-corrected chi connectivity index (χ3v) is 5.42. The number of hydrogen-bond donors (Lipinski definition) is 0. The molecule has 2 aromatic carbocycles. The Morgan fingerprint density at radius 3 is 2.43 bits per heavy atom. The van der Waals surface area contributed by atoms with Gasteiger partial charge >= 0.3 is 0 Å². The fourth-order valence-electron chi connectivity index (χ4n) is 3.80. The standard InChI is InChI=1S/C25H21FN4/c26-22-9-7-19(8-10-22)23-11-6-18(14-27-23)16-30-13-12-24-21(17-30)15-28-25(29-24)20-4-2-1-3-5-20/h1-11,14-15H,12-13,16-17H2. The largest absolute Gasteiger partial charge is 0.294 e. The summed E-state index contributed by atoms with van der Waals surface area (Å²) in [6, 6.07) is 20.6. The Balaban J connectivity index is 1.27. The second-order valence-electron chi connectivity index (χ2n) is 7.55. The molecule has 0 unspecified atom stereocenters. The molecular formula is C25H21FN4. The van der Waals surface area contributed by atoms with Crippen molar-refractivity contribution in [1.29, 1.82) is 0 Å². The Morgan fingerprint density at radius 1 is 0.833 bits per heavy atom. The molecule has 148 valence electrons. The quantitative estimate of drug-likeness (QED) is 0.492. The summed E-state index contributed by atoms with van der Waals surface area (Å²) in [6.45, 7) is 2.62. The molecule has 1 aliphatic heterocycles. The molecule has 0 amide bonds. The minimum Gasteiger partial charge on any atom is -0.294 e.